The molecule has 146 valence electrons. The van der Waals surface area contributed by atoms with Gasteiger partial charge in [-0.05, 0) is 55.9 Å². The molecule has 2 bridgehead atoms. The number of oxazole rings is 1. The van der Waals surface area contributed by atoms with Gasteiger partial charge in [-0.3, -0.25) is 9.59 Å². The molecule has 2 N–H and O–H groups in total. The van der Waals surface area contributed by atoms with E-state index in [1.165, 1.54) is 31.3 Å². The number of carbonyl (C=O) groups excluding carboxylic acids is 2. The standard InChI is InChI=1S/C21H24N4O3/c22-20(26)18-19(28-12-23-18)17-14-10-16(17)25(11-14)21(27)13-4-6-15(7-5-13)24-8-2-1-3-9-24/h4-7,12,14,16-17H,1-3,8-11H2,(H2,22,26). The molecule has 1 aromatic carbocycles. The fraction of sp³-hybridized carbons (Fsp3) is 0.476. The first-order chi connectivity index (χ1) is 13.6. The van der Waals surface area contributed by atoms with Gasteiger partial charge in [0.2, 0.25) is 0 Å². The summed E-state index contributed by atoms with van der Waals surface area (Å²) >= 11 is 0. The minimum Gasteiger partial charge on any atom is -0.447 e. The molecule has 3 unspecified atom stereocenters. The third-order valence-electron chi connectivity index (χ3n) is 6.53. The summed E-state index contributed by atoms with van der Waals surface area (Å²) in [5.41, 5.74) is 7.49. The van der Waals surface area contributed by atoms with Crippen molar-refractivity contribution in [1.82, 2.24) is 9.88 Å². The van der Waals surface area contributed by atoms with Crippen LogP contribution < -0.4 is 10.6 Å². The molecule has 3 saturated heterocycles. The molecule has 0 radical (unpaired) electrons. The summed E-state index contributed by atoms with van der Waals surface area (Å²) in [6, 6.07) is 8.02. The molecule has 6 rings (SSSR count). The first kappa shape index (κ1) is 17.3. The number of hydrogen-bond donors (Lipinski definition) is 1. The van der Waals surface area contributed by atoms with Crippen molar-refractivity contribution >= 4 is 17.5 Å². The Morgan fingerprint density at radius 2 is 1.86 bits per heavy atom. The van der Waals surface area contributed by atoms with Crippen LogP contribution in [0.5, 0.6) is 0 Å². The van der Waals surface area contributed by atoms with Gasteiger partial charge in [-0.25, -0.2) is 4.98 Å². The summed E-state index contributed by atoms with van der Waals surface area (Å²) < 4.78 is 5.47. The lowest BCUT2D eigenvalue weighted by molar-refractivity contribution is 0.0729. The van der Waals surface area contributed by atoms with Gasteiger partial charge in [0.05, 0.1) is 0 Å². The minimum absolute atomic E-state index is 0.0153. The highest BCUT2D eigenvalue weighted by molar-refractivity contribution is 5.96. The molecule has 4 heterocycles. The quantitative estimate of drug-likeness (QED) is 0.879. The van der Waals surface area contributed by atoms with Gasteiger partial charge in [-0.2, -0.15) is 0 Å². The van der Waals surface area contributed by atoms with Crippen molar-refractivity contribution in [3.63, 3.8) is 0 Å². The highest BCUT2D eigenvalue weighted by Crippen LogP contribution is 2.53. The van der Waals surface area contributed by atoms with E-state index in [1.54, 1.807) is 0 Å². The normalized spacial score (nSPS) is 26.2. The maximum absolute atomic E-state index is 13.1. The van der Waals surface area contributed by atoms with Crippen molar-refractivity contribution < 1.29 is 14.0 Å². The van der Waals surface area contributed by atoms with E-state index in [9.17, 15) is 9.59 Å². The van der Waals surface area contributed by atoms with Crippen LogP contribution in [-0.2, 0) is 0 Å². The molecule has 4 fully saturated rings. The SMILES string of the molecule is NC(=O)c1ncoc1C1C2CC1N(C(=O)c1ccc(N3CCCCC3)cc1)C2. The van der Waals surface area contributed by atoms with Gasteiger partial charge >= 0.3 is 0 Å². The van der Waals surface area contributed by atoms with Crippen LogP contribution in [0.25, 0.3) is 0 Å². The average Bonchev–Trinajstić information content (AvgIpc) is 3.43. The highest BCUT2D eigenvalue weighted by atomic mass is 16.3. The summed E-state index contributed by atoms with van der Waals surface area (Å²) in [5.74, 6) is 0.306. The van der Waals surface area contributed by atoms with Crippen LogP contribution in [0.3, 0.4) is 0 Å². The monoisotopic (exact) mass is 380 g/mol. The Balaban J connectivity index is 1.31. The number of nitrogens with two attached hydrogens (primary N) is 1. The van der Waals surface area contributed by atoms with Gasteiger partial charge in [-0.1, -0.05) is 0 Å². The Morgan fingerprint density at radius 1 is 1.11 bits per heavy atom. The number of benzene rings is 1. The molecule has 0 spiro atoms. The lowest BCUT2D eigenvalue weighted by atomic mass is 9.72. The fourth-order valence-electron chi connectivity index (χ4n) is 5.05. The fourth-order valence-corrected chi connectivity index (χ4v) is 5.05. The molecule has 3 atom stereocenters. The van der Waals surface area contributed by atoms with Crippen molar-refractivity contribution in [2.45, 2.75) is 37.6 Å². The van der Waals surface area contributed by atoms with Crippen molar-refractivity contribution in [3.8, 4) is 0 Å². The first-order valence-corrected chi connectivity index (χ1v) is 10.0. The lowest BCUT2D eigenvalue weighted by Crippen LogP contribution is -2.40. The van der Waals surface area contributed by atoms with E-state index in [0.717, 1.165) is 19.5 Å². The van der Waals surface area contributed by atoms with Crippen molar-refractivity contribution in [1.29, 1.82) is 0 Å². The second kappa shape index (κ2) is 6.65. The number of anilines is 1. The number of hydrogen-bond acceptors (Lipinski definition) is 5. The van der Waals surface area contributed by atoms with Crippen LogP contribution in [0.4, 0.5) is 5.69 Å². The number of amides is 2. The number of rotatable bonds is 4. The van der Waals surface area contributed by atoms with E-state index in [0.29, 0.717) is 23.8 Å². The van der Waals surface area contributed by atoms with E-state index in [4.69, 9.17) is 10.2 Å². The predicted octanol–water partition coefficient (Wildman–Crippen LogP) is 2.39. The molecule has 1 saturated carbocycles. The first-order valence-electron chi connectivity index (χ1n) is 10.0. The number of carbonyl (C=O) groups is 2. The molecule has 1 aromatic heterocycles. The zero-order chi connectivity index (χ0) is 19.3. The molecular formula is C21H24N4O3. The molecule has 3 aliphatic heterocycles. The van der Waals surface area contributed by atoms with Gasteiger partial charge in [0.1, 0.15) is 5.76 Å². The number of fused-ring (bicyclic) bond motifs is 1. The van der Waals surface area contributed by atoms with Crippen LogP contribution in [0.1, 0.15) is 58.2 Å². The molecule has 28 heavy (non-hydrogen) atoms. The number of primary amides is 1. The topological polar surface area (TPSA) is 92.7 Å². The number of piperidine rings is 1. The summed E-state index contributed by atoms with van der Waals surface area (Å²) in [5, 5.41) is 0. The summed E-state index contributed by atoms with van der Waals surface area (Å²) in [4.78, 5) is 32.9. The largest absolute Gasteiger partial charge is 0.447 e. The molecule has 4 aliphatic rings. The highest BCUT2D eigenvalue weighted by Gasteiger charge is 2.56. The Kier molecular flexibility index (Phi) is 4.10. The molecular weight excluding hydrogens is 356 g/mol. The Hall–Kier alpha value is -2.83. The van der Waals surface area contributed by atoms with Crippen LogP contribution in [-0.4, -0.2) is 47.4 Å². The van der Waals surface area contributed by atoms with Crippen molar-refractivity contribution in [2.24, 2.45) is 11.7 Å². The molecule has 2 amide bonds. The maximum atomic E-state index is 13.1. The average molecular weight is 380 g/mol. The van der Waals surface area contributed by atoms with Gasteiger partial charge in [-0.15, -0.1) is 0 Å². The van der Waals surface area contributed by atoms with Gasteiger partial charge in [0.25, 0.3) is 11.8 Å². The minimum atomic E-state index is -0.582. The lowest BCUT2D eigenvalue weighted by Gasteiger charge is -2.35. The Bertz CT molecular complexity index is 901. The second-order valence-corrected chi connectivity index (χ2v) is 8.07. The smallest absolute Gasteiger partial charge is 0.270 e. The van der Waals surface area contributed by atoms with E-state index < -0.39 is 5.91 Å². The summed E-state index contributed by atoms with van der Waals surface area (Å²) in [6.07, 6.45) is 5.95. The van der Waals surface area contributed by atoms with Crippen LogP contribution in [0.15, 0.2) is 35.1 Å². The van der Waals surface area contributed by atoms with Crippen molar-refractivity contribution in [2.75, 3.05) is 24.5 Å². The predicted molar refractivity (Wildman–Crippen MR) is 103 cm³/mol. The van der Waals surface area contributed by atoms with E-state index in [2.05, 4.69) is 22.0 Å². The second-order valence-electron chi connectivity index (χ2n) is 8.07. The zero-order valence-electron chi connectivity index (χ0n) is 15.7. The number of aromatic nitrogens is 1. The van der Waals surface area contributed by atoms with Crippen LogP contribution in [0, 0.1) is 5.92 Å². The molecule has 1 aliphatic carbocycles. The maximum Gasteiger partial charge on any atom is 0.270 e. The molecule has 7 heteroatoms. The zero-order valence-corrected chi connectivity index (χ0v) is 15.7. The molecule has 2 aromatic rings. The van der Waals surface area contributed by atoms with E-state index in [1.807, 2.05) is 17.0 Å². The Labute approximate surface area is 163 Å². The Morgan fingerprint density at radius 3 is 2.57 bits per heavy atom. The third kappa shape index (κ3) is 2.68. The summed E-state index contributed by atoms with van der Waals surface area (Å²) in [7, 11) is 0. The number of nitrogens with zero attached hydrogens (tertiary/aromatic N) is 3. The van der Waals surface area contributed by atoms with E-state index >= 15 is 0 Å². The van der Waals surface area contributed by atoms with Gasteiger partial charge < -0.3 is 20.0 Å². The van der Waals surface area contributed by atoms with Crippen LogP contribution >= 0.6 is 0 Å². The van der Waals surface area contributed by atoms with Crippen molar-refractivity contribution in [3.05, 3.63) is 47.7 Å². The van der Waals surface area contributed by atoms with Gasteiger partial charge in [0, 0.05) is 42.8 Å². The third-order valence-corrected chi connectivity index (χ3v) is 6.53. The van der Waals surface area contributed by atoms with Gasteiger partial charge in [0.15, 0.2) is 12.1 Å². The molecule has 7 nitrogen and oxygen atoms in total. The summed E-state index contributed by atoms with van der Waals surface area (Å²) in [6.45, 7) is 2.86. The van der Waals surface area contributed by atoms with E-state index in [-0.39, 0.29) is 23.6 Å². The van der Waals surface area contributed by atoms with Crippen LogP contribution in [0.2, 0.25) is 0 Å².